The minimum atomic E-state index is -1.25. The molecule has 1 unspecified atom stereocenters. The van der Waals surface area contributed by atoms with E-state index in [0.29, 0.717) is 18.9 Å². The number of aromatic nitrogens is 2. The largest absolute Gasteiger partial charge is 0.477 e. The maximum Gasteiger partial charge on any atom is 0.341 e. The van der Waals surface area contributed by atoms with Crippen molar-refractivity contribution in [2.45, 2.75) is 19.4 Å². The van der Waals surface area contributed by atoms with Crippen molar-refractivity contribution < 1.29 is 19.4 Å². The number of fused-ring (bicyclic) bond motifs is 1. The molecule has 9 heteroatoms. The number of thiazole rings is 1. The molecule has 4 aromatic rings. The second kappa shape index (κ2) is 10.2. The van der Waals surface area contributed by atoms with Gasteiger partial charge in [0.1, 0.15) is 5.56 Å². The first-order valence-electron chi connectivity index (χ1n) is 11.8. The fourth-order valence-corrected chi connectivity index (χ4v) is 5.41. The van der Waals surface area contributed by atoms with Gasteiger partial charge in [-0.1, -0.05) is 12.1 Å². The number of ether oxygens (including phenoxy) is 2. The molecule has 3 heterocycles. The summed E-state index contributed by atoms with van der Waals surface area (Å²) < 4.78 is 13.7. The lowest BCUT2D eigenvalue weighted by molar-refractivity contribution is 0.0280. The number of aromatic carboxylic acids is 1. The van der Waals surface area contributed by atoms with Gasteiger partial charge in [-0.25, -0.2) is 9.78 Å². The number of carbonyl (C=O) groups is 1. The van der Waals surface area contributed by atoms with Gasteiger partial charge in [0.25, 0.3) is 0 Å². The molecule has 0 saturated carbocycles. The summed E-state index contributed by atoms with van der Waals surface area (Å²) in [6.45, 7) is 4.85. The van der Waals surface area contributed by atoms with Gasteiger partial charge < -0.3 is 24.0 Å². The maximum absolute atomic E-state index is 12.6. The van der Waals surface area contributed by atoms with E-state index in [4.69, 9.17) is 9.47 Å². The molecule has 0 aliphatic carbocycles. The molecule has 0 radical (unpaired) electrons. The SMILES string of the molecule is COCCOC1CCN(c2ccc(-c3cc(=O)c(C(=O)O)cn3-c3ccc4nc(C)sc4c3)cc2)C1. The normalized spacial score (nSPS) is 15.6. The van der Waals surface area contributed by atoms with Crippen LogP contribution in [0.5, 0.6) is 0 Å². The van der Waals surface area contributed by atoms with Crippen molar-refractivity contribution in [1.82, 2.24) is 9.55 Å². The van der Waals surface area contributed by atoms with Crippen LogP contribution in [0.15, 0.2) is 59.5 Å². The van der Waals surface area contributed by atoms with Crippen molar-refractivity contribution in [2.75, 3.05) is 38.3 Å². The second-order valence-electron chi connectivity index (χ2n) is 8.76. The van der Waals surface area contributed by atoms with E-state index < -0.39 is 11.4 Å². The summed E-state index contributed by atoms with van der Waals surface area (Å²) in [6, 6.07) is 15.2. The Bertz CT molecular complexity index is 1460. The van der Waals surface area contributed by atoms with Crippen molar-refractivity contribution in [3.63, 3.8) is 0 Å². The zero-order chi connectivity index (χ0) is 25.2. The van der Waals surface area contributed by atoms with E-state index in [1.165, 1.54) is 12.3 Å². The molecule has 1 fully saturated rings. The number of benzene rings is 2. The fraction of sp³-hybridized carbons (Fsp3) is 0.296. The predicted molar refractivity (Wildman–Crippen MR) is 141 cm³/mol. The van der Waals surface area contributed by atoms with Crippen LogP contribution in [-0.2, 0) is 9.47 Å². The fourth-order valence-electron chi connectivity index (χ4n) is 4.55. The molecule has 2 aromatic heterocycles. The summed E-state index contributed by atoms with van der Waals surface area (Å²) in [5, 5.41) is 10.5. The third-order valence-electron chi connectivity index (χ3n) is 6.35. The summed E-state index contributed by atoms with van der Waals surface area (Å²) in [4.78, 5) is 31.2. The van der Waals surface area contributed by atoms with Gasteiger partial charge >= 0.3 is 5.97 Å². The molecule has 0 bridgehead atoms. The van der Waals surface area contributed by atoms with Gasteiger partial charge in [-0.2, -0.15) is 0 Å². The molecule has 1 aliphatic rings. The predicted octanol–water partition coefficient (Wildman–Crippen LogP) is 4.36. The monoisotopic (exact) mass is 505 g/mol. The number of hydrogen-bond acceptors (Lipinski definition) is 7. The summed E-state index contributed by atoms with van der Waals surface area (Å²) in [5.41, 5.74) is 3.38. The van der Waals surface area contributed by atoms with Crippen LogP contribution in [0.1, 0.15) is 21.8 Å². The van der Waals surface area contributed by atoms with Gasteiger partial charge in [0, 0.05) is 43.8 Å². The molecule has 2 aromatic carbocycles. The number of anilines is 1. The highest BCUT2D eigenvalue weighted by atomic mass is 32.1. The van der Waals surface area contributed by atoms with Gasteiger partial charge in [0.2, 0.25) is 0 Å². The lowest BCUT2D eigenvalue weighted by Crippen LogP contribution is -2.23. The number of methoxy groups -OCH3 is 1. The van der Waals surface area contributed by atoms with E-state index in [2.05, 4.69) is 9.88 Å². The Balaban J connectivity index is 1.48. The molecule has 186 valence electrons. The number of carboxylic acid groups (broad SMARTS) is 1. The first-order valence-corrected chi connectivity index (χ1v) is 12.6. The van der Waals surface area contributed by atoms with Gasteiger partial charge in [-0.05, 0) is 49.2 Å². The lowest BCUT2D eigenvalue weighted by Gasteiger charge is -2.20. The number of hydrogen-bond donors (Lipinski definition) is 1. The minimum absolute atomic E-state index is 0.180. The molecule has 0 amide bonds. The van der Waals surface area contributed by atoms with Crippen molar-refractivity contribution in [3.05, 3.63) is 75.5 Å². The molecular formula is C27H27N3O5S. The Kier molecular flexibility index (Phi) is 6.86. The number of rotatable bonds is 8. The zero-order valence-corrected chi connectivity index (χ0v) is 21.0. The Morgan fingerprint density at radius 3 is 2.67 bits per heavy atom. The van der Waals surface area contributed by atoms with E-state index in [-0.39, 0.29) is 11.7 Å². The first kappa shape index (κ1) is 24.2. The average Bonchev–Trinajstić information content (AvgIpc) is 3.49. The third-order valence-corrected chi connectivity index (χ3v) is 7.29. The van der Waals surface area contributed by atoms with Crippen molar-refractivity contribution in [3.8, 4) is 16.9 Å². The Labute approximate surface area is 212 Å². The quantitative estimate of drug-likeness (QED) is 0.356. The van der Waals surface area contributed by atoms with Crippen molar-refractivity contribution in [2.24, 2.45) is 0 Å². The molecule has 36 heavy (non-hydrogen) atoms. The lowest BCUT2D eigenvalue weighted by atomic mass is 10.1. The van der Waals surface area contributed by atoms with Crippen LogP contribution >= 0.6 is 11.3 Å². The maximum atomic E-state index is 12.6. The highest BCUT2D eigenvalue weighted by Gasteiger charge is 2.23. The molecule has 1 saturated heterocycles. The average molecular weight is 506 g/mol. The van der Waals surface area contributed by atoms with Crippen LogP contribution in [0, 0.1) is 6.92 Å². The van der Waals surface area contributed by atoms with E-state index in [1.54, 1.807) is 23.0 Å². The van der Waals surface area contributed by atoms with Crippen LogP contribution in [0.25, 0.3) is 27.2 Å². The van der Waals surface area contributed by atoms with Gasteiger partial charge in [-0.15, -0.1) is 11.3 Å². The van der Waals surface area contributed by atoms with E-state index in [1.807, 2.05) is 49.4 Å². The highest BCUT2D eigenvalue weighted by molar-refractivity contribution is 7.18. The Morgan fingerprint density at radius 1 is 1.14 bits per heavy atom. The number of nitrogens with zero attached hydrogens (tertiary/aromatic N) is 3. The molecule has 8 nitrogen and oxygen atoms in total. The molecule has 0 spiro atoms. The zero-order valence-electron chi connectivity index (χ0n) is 20.1. The van der Waals surface area contributed by atoms with Gasteiger partial charge in [0.05, 0.1) is 40.2 Å². The van der Waals surface area contributed by atoms with Gasteiger partial charge in [-0.3, -0.25) is 4.79 Å². The standard InChI is InChI=1S/C27H27N3O5S/c1-17-28-23-8-7-20(13-26(23)36-17)30-16-22(27(32)33)25(31)14-24(30)18-3-5-19(6-4-18)29-10-9-21(15-29)35-12-11-34-2/h3-8,13-14,16,21H,9-12,15H2,1-2H3,(H,32,33). The van der Waals surface area contributed by atoms with Crippen LogP contribution in [0.3, 0.4) is 0 Å². The summed E-state index contributed by atoms with van der Waals surface area (Å²) in [7, 11) is 1.67. The van der Waals surface area contributed by atoms with E-state index >= 15 is 0 Å². The minimum Gasteiger partial charge on any atom is -0.477 e. The van der Waals surface area contributed by atoms with Gasteiger partial charge in [0.15, 0.2) is 5.43 Å². The first-order chi connectivity index (χ1) is 17.4. The van der Waals surface area contributed by atoms with E-state index in [9.17, 15) is 14.7 Å². The van der Waals surface area contributed by atoms with Crippen LogP contribution < -0.4 is 10.3 Å². The molecule has 1 N–H and O–H groups in total. The van der Waals surface area contributed by atoms with E-state index in [0.717, 1.165) is 51.7 Å². The smallest absolute Gasteiger partial charge is 0.341 e. The summed E-state index contributed by atoms with van der Waals surface area (Å²) in [6.07, 6.45) is 2.55. The van der Waals surface area contributed by atoms with Crippen LogP contribution in [-0.4, -0.2) is 60.1 Å². The Hall–Kier alpha value is -3.53. The second-order valence-corrected chi connectivity index (χ2v) is 10.00. The van der Waals surface area contributed by atoms with Crippen molar-refractivity contribution >= 4 is 33.2 Å². The third kappa shape index (κ3) is 4.90. The molecule has 1 aliphatic heterocycles. The van der Waals surface area contributed by atoms with Crippen molar-refractivity contribution in [1.29, 1.82) is 0 Å². The summed E-state index contributed by atoms with van der Waals surface area (Å²) in [5.74, 6) is -1.25. The topological polar surface area (TPSA) is 93.9 Å². The molecular weight excluding hydrogens is 478 g/mol. The van der Waals surface area contributed by atoms with Crippen LogP contribution in [0.2, 0.25) is 0 Å². The number of aryl methyl sites for hydroxylation is 1. The number of carboxylic acids is 1. The highest BCUT2D eigenvalue weighted by Crippen LogP contribution is 2.30. The number of pyridine rings is 1. The Morgan fingerprint density at radius 2 is 1.92 bits per heavy atom. The summed E-state index contributed by atoms with van der Waals surface area (Å²) >= 11 is 1.57. The molecule has 1 atom stereocenters. The van der Waals surface area contributed by atoms with Crippen LogP contribution in [0.4, 0.5) is 5.69 Å². The molecule has 5 rings (SSSR count).